The highest BCUT2D eigenvalue weighted by molar-refractivity contribution is 7.99. The Kier molecular flexibility index (Phi) is 4.07. The fourth-order valence-electron chi connectivity index (χ4n) is 0.695. The van der Waals surface area contributed by atoms with Gasteiger partial charge in [0.05, 0.1) is 22.0 Å². The van der Waals surface area contributed by atoms with E-state index in [4.69, 9.17) is 16.9 Å². The van der Waals surface area contributed by atoms with E-state index in [-0.39, 0.29) is 5.92 Å². The SMILES string of the molecule is CC(C#N)CSc1ccc(Cl)cn1. The van der Waals surface area contributed by atoms with E-state index < -0.39 is 0 Å². The van der Waals surface area contributed by atoms with E-state index >= 15 is 0 Å². The molecule has 1 aromatic heterocycles. The Hall–Kier alpha value is -0.720. The Balaban J connectivity index is 2.47. The standard InChI is InChI=1S/C9H9ClN2S/c1-7(4-11)6-13-9-3-2-8(10)5-12-9/h2-3,5,7H,6H2,1H3. The van der Waals surface area contributed by atoms with Gasteiger partial charge in [-0.1, -0.05) is 11.6 Å². The number of halogens is 1. The summed E-state index contributed by atoms with van der Waals surface area (Å²) in [5.41, 5.74) is 0. The van der Waals surface area contributed by atoms with E-state index in [1.54, 1.807) is 24.0 Å². The maximum absolute atomic E-state index is 8.55. The lowest BCUT2D eigenvalue weighted by molar-refractivity contribution is 0.862. The monoisotopic (exact) mass is 212 g/mol. The van der Waals surface area contributed by atoms with Gasteiger partial charge in [0.2, 0.25) is 0 Å². The molecule has 0 saturated heterocycles. The van der Waals surface area contributed by atoms with Gasteiger partial charge in [0.1, 0.15) is 0 Å². The van der Waals surface area contributed by atoms with Crippen molar-refractivity contribution in [3.05, 3.63) is 23.4 Å². The first kappa shape index (κ1) is 10.4. The van der Waals surface area contributed by atoms with E-state index in [0.717, 1.165) is 10.8 Å². The summed E-state index contributed by atoms with van der Waals surface area (Å²) >= 11 is 7.25. The van der Waals surface area contributed by atoms with Crippen LogP contribution in [-0.2, 0) is 0 Å². The summed E-state index contributed by atoms with van der Waals surface area (Å²) in [6, 6.07) is 5.83. The van der Waals surface area contributed by atoms with Crippen LogP contribution in [-0.4, -0.2) is 10.7 Å². The van der Waals surface area contributed by atoms with E-state index in [1.165, 1.54) is 0 Å². The molecule has 0 N–H and O–H groups in total. The summed E-state index contributed by atoms with van der Waals surface area (Å²) in [7, 11) is 0. The molecule has 0 radical (unpaired) electrons. The van der Waals surface area contributed by atoms with E-state index in [1.807, 2.05) is 13.0 Å². The highest BCUT2D eigenvalue weighted by Crippen LogP contribution is 2.19. The van der Waals surface area contributed by atoms with Crippen LogP contribution in [0.15, 0.2) is 23.4 Å². The van der Waals surface area contributed by atoms with Crippen molar-refractivity contribution in [3.63, 3.8) is 0 Å². The number of thioether (sulfide) groups is 1. The number of aromatic nitrogens is 1. The van der Waals surface area contributed by atoms with Crippen molar-refractivity contribution >= 4 is 23.4 Å². The molecule has 1 unspecified atom stereocenters. The van der Waals surface area contributed by atoms with Crippen molar-refractivity contribution < 1.29 is 0 Å². The van der Waals surface area contributed by atoms with Crippen molar-refractivity contribution in [1.82, 2.24) is 4.98 Å². The molecule has 1 atom stereocenters. The molecule has 0 aliphatic heterocycles. The molecule has 4 heteroatoms. The van der Waals surface area contributed by atoms with Crippen LogP contribution in [0.4, 0.5) is 0 Å². The normalized spacial score (nSPS) is 12.1. The van der Waals surface area contributed by atoms with E-state index in [0.29, 0.717) is 5.02 Å². The Morgan fingerprint density at radius 2 is 2.46 bits per heavy atom. The van der Waals surface area contributed by atoms with Crippen LogP contribution in [0.2, 0.25) is 5.02 Å². The minimum atomic E-state index is 0.0579. The van der Waals surface area contributed by atoms with Crippen LogP contribution in [0.5, 0.6) is 0 Å². The van der Waals surface area contributed by atoms with Gasteiger partial charge >= 0.3 is 0 Å². The first-order valence-electron chi connectivity index (χ1n) is 3.86. The highest BCUT2D eigenvalue weighted by atomic mass is 35.5. The van der Waals surface area contributed by atoms with Gasteiger partial charge < -0.3 is 0 Å². The fraction of sp³-hybridized carbons (Fsp3) is 0.333. The second-order valence-corrected chi connectivity index (χ2v) is 4.13. The molecule has 1 heterocycles. The summed E-state index contributed by atoms with van der Waals surface area (Å²) in [5.74, 6) is 0.827. The Bertz CT molecular complexity index is 304. The molecule has 1 rings (SSSR count). The first-order valence-corrected chi connectivity index (χ1v) is 5.22. The maximum Gasteiger partial charge on any atom is 0.0961 e. The highest BCUT2D eigenvalue weighted by Gasteiger charge is 2.01. The topological polar surface area (TPSA) is 36.7 Å². The van der Waals surface area contributed by atoms with Crippen LogP contribution in [0.3, 0.4) is 0 Å². The number of hydrogen-bond acceptors (Lipinski definition) is 3. The molecule has 68 valence electrons. The minimum Gasteiger partial charge on any atom is -0.248 e. The number of rotatable bonds is 3. The minimum absolute atomic E-state index is 0.0579. The van der Waals surface area contributed by atoms with Crippen molar-refractivity contribution in [1.29, 1.82) is 5.26 Å². The second kappa shape index (κ2) is 5.11. The van der Waals surface area contributed by atoms with Crippen molar-refractivity contribution in [2.45, 2.75) is 11.9 Å². The Morgan fingerprint density at radius 1 is 1.69 bits per heavy atom. The molecular weight excluding hydrogens is 204 g/mol. The lowest BCUT2D eigenvalue weighted by atomic mass is 10.3. The molecule has 13 heavy (non-hydrogen) atoms. The smallest absolute Gasteiger partial charge is 0.0961 e. The number of nitriles is 1. The summed E-state index contributed by atoms with van der Waals surface area (Å²) in [5, 5.41) is 10.1. The van der Waals surface area contributed by atoms with Crippen molar-refractivity contribution in [3.8, 4) is 6.07 Å². The Labute approximate surface area is 86.9 Å². The lowest BCUT2D eigenvalue weighted by Crippen LogP contribution is -1.93. The quantitative estimate of drug-likeness (QED) is 0.723. The molecule has 2 nitrogen and oxygen atoms in total. The molecule has 0 aliphatic carbocycles. The van der Waals surface area contributed by atoms with Gasteiger partial charge in [-0.15, -0.1) is 11.8 Å². The van der Waals surface area contributed by atoms with Gasteiger partial charge in [-0.2, -0.15) is 5.26 Å². The third kappa shape index (κ3) is 3.67. The van der Waals surface area contributed by atoms with Crippen LogP contribution in [0.25, 0.3) is 0 Å². The first-order chi connectivity index (χ1) is 6.22. The molecule has 0 bridgehead atoms. The zero-order valence-corrected chi connectivity index (χ0v) is 8.77. The lowest BCUT2D eigenvalue weighted by Gasteiger charge is -2.01. The van der Waals surface area contributed by atoms with Gasteiger partial charge in [-0.05, 0) is 19.1 Å². The summed E-state index contributed by atoms with van der Waals surface area (Å²) in [6.45, 7) is 1.89. The third-order valence-electron chi connectivity index (χ3n) is 1.40. The maximum atomic E-state index is 8.55. The van der Waals surface area contributed by atoms with Crippen LogP contribution in [0.1, 0.15) is 6.92 Å². The molecule has 0 aromatic carbocycles. The Morgan fingerprint density at radius 3 is 3.00 bits per heavy atom. The predicted molar refractivity (Wildman–Crippen MR) is 54.7 cm³/mol. The molecular formula is C9H9ClN2S. The molecule has 0 fully saturated rings. The zero-order chi connectivity index (χ0) is 9.68. The second-order valence-electron chi connectivity index (χ2n) is 2.66. The number of hydrogen-bond donors (Lipinski definition) is 0. The molecule has 1 aromatic rings. The summed E-state index contributed by atoms with van der Waals surface area (Å²) in [4.78, 5) is 4.11. The predicted octanol–water partition coefficient (Wildman–Crippen LogP) is 2.99. The van der Waals surface area contributed by atoms with Crippen LogP contribution < -0.4 is 0 Å². The van der Waals surface area contributed by atoms with Gasteiger partial charge in [-0.25, -0.2) is 4.98 Å². The van der Waals surface area contributed by atoms with Crippen molar-refractivity contribution in [2.24, 2.45) is 5.92 Å². The number of nitrogens with zero attached hydrogens (tertiary/aromatic N) is 2. The average Bonchev–Trinajstić information content (AvgIpc) is 2.16. The molecule has 0 saturated carbocycles. The van der Waals surface area contributed by atoms with E-state index in [2.05, 4.69) is 11.1 Å². The average molecular weight is 213 g/mol. The fourth-order valence-corrected chi connectivity index (χ4v) is 1.59. The van der Waals surface area contributed by atoms with Crippen LogP contribution >= 0.6 is 23.4 Å². The van der Waals surface area contributed by atoms with Gasteiger partial charge in [0.25, 0.3) is 0 Å². The van der Waals surface area contributed by atoms with Crippen molar-refractivity contribution in [2.75, 3.05) is 5.75 Å². The summed E-state index contributed by atoms with van der Waals surface area (Å²) in [6.07, 6.45) is 1.61. The molecule has 0 amide bonds. The van der Waals surface area contributed by atoms with Gasteiger partial charge in [-0.3, -0.25) is 0 Å². The molecule has 0 aliphatic rings. The van der Waals surface area contributed by atoms with Gasteiger partial charge in [0, 0.05) is 11.9 Å². The molecule has 0 spiro atoms. The zero-order valence-electron chi connectivity index (χ0n) is 7.20. The number of pyridine rings is 1. The summed E-state index contributed by atoms with van der Waals surface area (Å²) < 4.78 is 0. The van der Waals surface area contributed by atoms with E-state index in [9.17, 15) is 0 Å². The van der Waals surface area contributed by atoms with Gasteiger partial charge in [0.15, 0.2) is 0 Å². The third-order valence-corrected chi connectivity index (χ3v) is 2.83. The largest absolute Gasteiger partial charge is 0.248 e. The van der Waals surface area contributed by atoms with Crippen LogP contribution in [0, 0.1) is 17.2 Å².